The summed E-state index contributed by atoms with van der Waals surface area (Å²) >= 11 is 6.20. The first-order chi connectivity index (χ1) is 9.25. The van der Waals surface area contributed by atoms with Crippen molar-refractivity contribution < 1.29 is 14.3 Å². The van der Waals surface area contributed by atoms with Gasteiger partial charge in [0.1, 0.15) is 6.10 Å². The average molecular weight is 282 g/mol. The average Bonchev–Trinajstić information content (AvgIpc) is 3.25. The number of rotatable bonds is 2. The standard InChI is InChI=1S/C14H16ClNO3/c15-11-5-2-1-4-10(11)12-8-16(6-3-7-18-12)14(17)13-9-19-13/h1-2,4-5,12-13H,3,6-9H2. The molecule has 0 saturated carbocycles. The quantitative estimate of drug-likeness (QED) is 0.779. The molecular formula is C14H16ClNO3. The van der Waals surface area contributed by atoms with E-state index in [2.05, 4.69) is 0 Å². The van der Waals surface area contributed by atoms with E-state index in [0.717, 1.165) is 18.5 Å². The molecule has 0 aromatic heterocycles. The molecule has 2 heterocycles. The van der Waals surface area contributed by atoms with Crippen molar-refractivity contribution in [3.8, 4) is 0 Å². The predicted molar refractivity (Wildman–Crippen MR) is 71.1 cm³/mol. The van der Waals surface area contributed by atoms with Gasteiger partial charge in [0.15, 0.2) is 6.10 Å². The zero-order chi connectivity index (χ0) is 13.2. The van der Waals surface area contributed by atoms with Crippen LogP contribution in [-0.2, 0) is 14.3 Å². The minimum atomic E-state index is -0.231. The number of ether oxygens (including phenoxy) is 2. The number of hydrogen-bond acceptors (Lipinski definition) is 3. The summed E-state index contributed by atoms with van der Waals surface area (Å²) in [5.74, 6) is 0.0718. The largest absolute Gasteiger partial charge is 0.372 e. The summed E-state index contributed by atoms with van der Waals surface area (Å²) in [7, 11) is 0. The highest BCUT2D eigenvalue weighted by atomic mass is 35.5. The summed E-state index contributed by atoms with van der Waals surface area (Å²) in [6, 6.07) is 7.63. The molecule has 0 N–H and O–H groups in total. The molecule has 1 aromatic carbocycles. The lowest BCUT2D eigenvalue weighted by Gasteiger charge is -2.24. The van der Waals surface area contributed by atoms with Crippen molar-refractivity contribution in [2.24, 2.45) is 0 Å². The van der Waals surface area contributed by atoms with Crippen LogP contribution in [0, 0.1) is 0 Å². The van der Waals surface area contributed by atoms with Crippen molar-refractivity contribution in [3.05, 3.63) is 34.9 Å². The molecule has 0 radical (unpaired) electrons. The zero-order valence-electron chi connectivity index (χ0n) is 10.5. The Hall–Kier alpha value is -1.10. The molecule has 5 heteroatoms. The van der Waals surface area contributed by atoms with E-state index < -0.39 is 0 Å². The molecule has 0 bridgehead atoms. The van der Waals surface area contributed by atoms with Crippen LogP contribution < -0.4 is 0 Å². The molecule has 3 rings (SSSR count). The van der Waals surface area contributed by atoms with Gasteiger partial charge in [-0.2, -0.15) is 0 Å². The molecule has 2 unspecified atom stereocenters. The molecule has 1 aromatic rings. The number of hydrogen-bond donors (Lipinski definition) is 0. The minimum Gasteiger partial charge on any atom is -0.372 e. The summed E-state index contributed by atoms with van der Waals surface area (Å²) in [5.41, 5.74) is 0.945. The van der Waals surface area contributed by atoms with Crippen molar-refractivity contribution in [1.29, 1.82) is 0 Å². The van der Waals surface area contributed by atoms with Gasteiger partial charge >= 0.3 is 0 Å². The predicted octanol–water partition coefficient (Wildman–Crippen LogP) is 2.03. The lowest BCUT2D eigenvalue weighted by molar-refractivity contribution is -0.133. The first-order valence-corrected chi connectivity index (χ1v) is 6.90. The Morgan fingerprint density at radius 2 is 2.11 bits per heavy atom. The zero-order valence-corrected chi connectivity index (χ0v) is 11.3. The topological polar surface area (TPSA) is 42.1 Å². The van der Waals surface area contributed by atoms with Gasteiger partial charge in [-0.15, -0.1) is 0 Å². The normalized spacial score (nSPS) is 26.9. The SMILES string of the molecule is O=C(C1CO1)N1CCCOC(c2ccccc2Cl)C1. The van der Waals surface area contributed by atoms with E-state index in [0.29, 0.717) is 24.8 Å². The Morgan fingerprint density at radius 1 is 1.32 bits per heavy atom. The lowest BCUT2D eigenvalue weighted by Crippen LogP contribution is -2.37. The van der Waals surface area contributed by atoms with E-state index in [9.17, 15) is 4.79 Å². The molecule has 2 fully saturated rings. The van der Waals surface area contributed by atoms with E-state index in [1.165, 1.54) is 0 Å². The fourth-order valence-corrected chi connectivity index (χ4v) is 2.60. The van der Waals surface area contributed by atoms with E-state index >= 15 is 0 Å². The number of epoxide rings is 1. The van der Waals surface area contributed by atoms with Crippen molar-refractivity contribution >= 4 is 17.5 Å². The highest BCUT2D eigenvalue weighted by Gasteiger charge is 2.36. The monoisotopic (exact) mass is 281 g/mol. The third-order valence-electron chi connectivity index (χ3n) is 3.45. The Bertz CT molecular complexity index is 476. The highest BCUT2D eigenvalue weighted by molar-refractivity contribution is 6.31. The van der Waals surface area contributed by atoms with Gasteiger partial charge in [0.25, 0.3) is 5.91 Å². The molecule has 0 spiro atoms. The highest BCUT2D eigenvalue weighted by Crippen LogP contribution is 2.28. The molecular weight excluding hydrogens is 266 g/mol. The van der Waals surface area contributed by atoms with Gasteiger partial charge in [-0.25, -0.2) is 0 Å². The fraction of sp³-hybridized carbons (Fsp3) is 0.500. The summed E-state index contributed by atoms with van der Waals surface area (Å²) in [6.45, 7) is 2.46. The van der Waals surface area contributed by atoms with Crippen molar-refractivity contribution in [2.75, 3.05) is 26.3 Å². The number of amides is 1. The van der Waals surface area contributed by atoms with E-state index in [1.54, 1.807) is 0 Å². The fourth-order valence-electron chi connectivity index (χ4n) is 2.34. The second kappa shape index (κ2) is 5.49. The van der Waals surface area contributed by atoms with Crippen LogP contribution >= 0.6 is 11.6 Å². The van der Waals surface area contributed by atoms with Crippen LogP contribution in [0.5, 0.6) is 0 Å². The Labute approximate surface area is 117 Å². The maximum absolute atomic E-state index is 12.1. The van der Waals surface area contributed by atoms with Crippen molar-refractivity contribution in [1.82, 2.24) is 4.90 Å². The summed E-state index contributed by atoms with van der Waals surface area (Å²) < 4.78 is 10.9. The molecule has 102 valence electrons. The summed E-state index contributed by atoms with van der Waals surface area (Å²) in [4.78, 5) is 13.9. The van der Waals surface area contributed by atoms with Gasteiger partial charge in [0, 0.05) is 23.7 Å². The van der Waals surface area contributed by atoms with Gasteiger partial charge in [0.05, 0.1) is 13.2 Å². The molecule has 0 aliphatic carbocycles. The van der Waals surface area contributed by atoms with E-state index in [1.807, 2.05) is 29.2 Å². The molecule has 2 saturated heterocycles. The summed E-state index contributed by atoms with van der Waals surface area (Å²) in [6.07, 6.45) is 0.461. The van der Waals surface area contributed by atoms with E-state index in [-0.39, 0.29) is 18.1 Å². The van der Waals surface area contributed by atoms with Gasteiger partial charge in [-0.3, -0.25) is 4.79 Å². The first-order valence-electron chi connectivity index (χ1n) is 6.52. The maximum Gasteiger partial charge on any atom is 0.254 e. The van der Waals surface area contributed by atoms with Crippen LogP contribution in [0.2, 0.25) is 5.02 Å². The molecule has 2 aliphatic rings. The summed E-state index contributed by atoms with van der Waals surface area (Å²) in [5, 5.41) is 0.685. The maximum atomic E-state index is 12.1. The Balaban J connectivity index is 1.77. The van der Waals surface area contributed by atoms with Crippen molar-refractivity contribution in [3.63, 3.8) is 0 Å². The van der Waals surface area contributed by atoms with Gasteiger partial charge < -0.3 is 14.4 Å². The molecule has 19 heavy (non-hydrogen) atoms. The molecule has 2 aliphatic heterocycles. The molecule has 4 nitrogen and oxygen atoms in total. The van der Waals surface area contributed by atoms with Crippen LogP contribution in [0.1, 0.15) is 18.1 Å². The van der Waals surface area contributed by atoms with Gasteiger partial charge in [0.2, 0.25) is 0 Å². The Morgan fingerprint density at radius 3 is 2.84 bits per heavy atom. The van der Waals surface area contributed by atoms with Gasteiger partial charge in [-0.05, 0) is 12.5 Å². The van der Waals surface area contributed by atoms with Crippen LogP contribution in [0.15, 0.2) is 24.3 Å². The van der Waals surface area contributed by atoms with Crippen LogP contribution in [0.4, 0.5) is 0 Å². The number of carbonyl (C=O) groups is 1. The molecule has 1 amide bonds. The van der Waals surface area contributed by atoms with Crippen LogP contribution in [0.3, 0.4) is 0 Å². The number of carbonyl (C=O) groups excluding carboxylic acids is 1. The lowest BCUT2D eigenvalue weighted by atomic mass is 10.1. The second-order valence-corrected chi connectivity index (χ2v) is 5.25. The third kappa shape index (κ3) is 2.91. The van der Waals surface area contributed by atoms with Crippen LogP contribution in [-0.4, -0.2) is 43.2 Å². The van der Waals surface area contributed by atoms with Crippen LogP contribution in [0.25, 0.3) is 0 Å². The number of benzene rings is 1. The smallest absolute Gasteiger partial charge is 0.254 e. The number of halogens is 1. The van der Waals surface area contributed by atoms with E-state index in [4.69, 9.17) is 21.1 Å². The van der Waals surface area contributed by atoms with Gasteiger partial charge in [-0.1, -0.05) is 29.8 Å². The second-order valence-electron chi connectivity index (χ2n) is 4.84. The Kier molecular flexibility index (Phi) is 3.73. The molecule has 2 atom stereocenters. The minimum absolute atomic E-state index is 0.0718. The number of nitrogens with zero attached hydrogens (tertiary/aromatic N) is 1. The van der Waals surface area contributed by atoms with Crippen molar-refractivity contribution in [2.45, 2.75) is 18.6 Å². The first kappa shape index (κ1) is 12.9. The third-order valence-corrected chi connectivity index (χ3v) is 3.79.